The van der Waals surface area contributed by atoms with Crippen molar-refractivity contribution in [2.75, 3.05) is 26.4 Å². The summed E-state index contributed by atoms with van der Waals surface area (Å²) in [6.07, 6.45) is 2.95. The topological polar surface area (TPSA) is 41.5 Å². The van der Waals surface area contributed by atoms with Crippen molar-refractivity contribution in [2.45, 2.75) is 52.5 Å². The summed E-state index contributed by atoms with van der Waals surface area (Å²) < 4.78 is 5.55. The highest BCUT2D eigenvalue weighted by Crippen LogP contribution is 2.16. The van der Waals surface area contributed by atoms with Gasteiger partial charge in [-0.15, -0.1) is 0 Å². The van der Waals surface area contributed by atoms with Crippen molar-refractivity contribution in [1.29, 1.82) is 0 Å². The third-order valence-corrected chi connectivity index (χ3v) is 2.93. The zero-order valence-corrected chi connectivity index (χ0v) is 11.4. The fraction of sp³-hybridized carbons (Fsp3) is 1.00. The summed E-state index contributed by atoms with van der Waals surface area (Å²) in [4.78, 5) is 0. The Balaban J connectivity index is 3.75. The van der Waals surface area contributed by atoms with E-state index in [0.29, 0.717) is 5.92 Å². The lowest BCUT2D eigenvalue weighted by molar-refractivity contribution is 0.0887. The highest BCUT2D eigenvalue weighted by Gasteiger charge is 2.25. The average molecular weight is 231 g/mol. The van der Waals surface area contributed by atoms with Gasteiger partial charge in [0, 0.05) is 18.8 Å². The highest BCUT2D eigenvalue weighted by atomic mass is 16.5. The van der Waals surface area contributed by atoms with Gasteiger partial charge in [-0.05, 0) is 31.7 Å². The van der Waals surface area contributed by atoms with Gasteiger partial charge in [-0.3, -0.25) is 0 Å². The molecule has 2 N–H and O–H groups in total. The zero-order chi connectivity index (χ0) is 12.4. The van der Waals surface area contributed by atoms with E-state index >= 15 is 0 Å². The molecule has 1 unspecified atom stereocenters. The molecular weight excluding hydrogens is 202 g/mol. The van der Waals surface area contributed by atoms with Crippen LogP contribution in [0.1, 0.15) is 47.0 Å². The number of hydrogen-bond donors (Lipinski definition) is 2. The van der Waals surface area contributed by atoms with Crippen LogP contribution in [-0.2, 0) is 4.74 Å². The Bertz CT molecular complexity index is 156. The molecule has 0 fully saturated rings. The summed E-state index contributed by atoms with van der Waals surface area (Å²) >= 11 is 0. The molecule has 0 saturated carbocycles. The number of likely N-dealkylation sites (N-methyl/N-ethyl adjacent to an activating group) is 1. The van der Waals surface area contributed by atoms with Crippen LogP contribution >= 0.6 is 0 Å². The number of rotatable bonds is 10. The molecule has 0 bridgehead atoms. The normalized spacial score (nSPS) is 15.4. The predicted octanol–water partition coefficient (Wildman–Crippen LogP) is 2.19. The summed E-state index contributed by atoms with van der Waals surface area (Å²) in [5.74, 6) is 0.600. The van der Waals surface area contributed by atoms with Gasteiger partial charge in [0.05, 0.1) is 6.61 Å². The van der Waals surface area contributed by atoms with Gasteiger partial charge in [0.1, 0.15) is 0 Å². The molecule has 0 aliphatic carbocycles. The molecule has 0 rings (SSSR count). The van der Waals surface area contributed by atoms with Crippen LogP contribution < -0.4 is 5.32 Å². The molecule has 0 radical (unpaired) electrons. The molecule has 0 heterocycles. The van der Waals surface area contributed by atoms with Crippen molar-refractivity contribution in [3.63, 3.8) is 0 Å². The number of hydrogen-bond acceptors (Lipinski definition) is 3. The van der Waals surface area contributed by atoms with E-state index in [2.05, 4.69) is 33.0 Å². The standard InChI is InChI=1S/C13H29NO2/c1-5-13(11-15,14-6-2)8-7-9-16-10-12(3)4/h12,14-15H,5-11H2,1-4H3. The Labute approximate surface area is 101 Å². The molecule has 0 aliphatic heterocycles. The number of nitrogens with one attached hydrogen (secondary N) is 1. The summed E-state index contributed by atoms with van der Waals surface area (Å²) in [5.41, 5.74) is -0.101. The van der Waals surface area contributed by atoms with Gasteiger partial charge in [0.25, 0.3) is 0 Å². The SMILES string of the molecule is CCNC(CC)(CO)CCCOCC(C)C. The maximum Gasteiger partial charge on any atom is 0.0613 e. The van der Waals surface area contributed by atoms with E-state index in [-0.39, 0.29) is 12.1 Å². The van der Waals surface area contributed by atoms with Crippen LogP contribution in [0.5, 0.6) is 0 Å². The first-order valence-corrected chi connectivity index (χ1v) is 6.53. The zero-order valence-electron chi connectivity index (χ0n) is 11.4. The van der Waals surface area contributed by atoms with Crippen LogP contribution in [0.15, 0.2) is 0 Å². The van der Waals surface area contributed by atoms with Crippen molar-refractivity contribution in [2.24, 2.45) is 5.92 Å². The van der Waals surface area contributed by atoms with E-state index in [4.69, 9.17) is 4.74 Å². The first-order valence-electron chi connectivity index (χ1n) is 6.53. The Morgan fingerprint density at radius 2 is 2.00 bits per heavy atom. The second-order valence-corrected chi connectivity index (χ2v) is 4.89. The third-order valence-electron chi connectivity index (χ3n) is 2.93. The van der Waals surface area contributed by atoms with Gasteiger partial charge >= 0.3 is 0 Å². The first kappa shape index (κ1) is 15.9. The van der Waals surface area contributed by atoms with Crippen LogP contribution in [0, 0.1) is 5.92 Å². The molecule has 0 aromatic heterocycles. The van der Waals surface area contributed by atoms with Gasteiger partial charge in [0.15, 0.2) is 0 Å². The van der Waals surface area contributed by atoms with Crippen LogP contribution in [0.25, 0.3) is 0 Å². The van der Waals surface area contributed by atoms with Gasteiger partial charge in [-0.1, -0.05) is 27.7 Å². The molecule has 3 nitrogen and oxygen atoms in total. The smallest absolute Gasteiger partial charge is 0.0613 e. The summed E-state index contributed by atoms with van der Waals surface area (Å²) in [5, 5.41) is 12.8. The van der Waals surface area contributed by atoms with E-state index in [1.54, 1.807) is 0 Å². The van der Waals surface area contributed by atoms with E-state index in [9.17, 15) is 5.11 Å². The number of aliphatic hydroxyl groups is 1. The van der Waals surface area contributed by atoms with E-state index in [1.807, 2.05) is 0 Å². The van der Waals surface area contributed by atoms with Crippen molar-refractivity contribution in [3.8, 4) is 0 Å². The summed E-state index contributed by atoms with van der Waals surface area (Å²) in [6, 6.07) is 0. The minimum absolute atomic E-state index is 0.101. The van der Waals surface area contributed by atoms with Gasteiger partial charge in [-0.2, -0.15) is 0 Å². The van der Waals surface area contributed by atoms with Crippen molar-refractivity contribution in [1.82, 2.24) is 5.32 Å². The van der Waals surface area contributed by atoms with Gasteiger partial charge in [0.2, 0.25) is 0 Å². The lowest BCUT2D eigenvalue weighted by Gasteiger charge is -2.31. The second kappa shape index (κ2) is 8.97. The van der Waals surface area contributed by atoms with Gasteiger partial charge in [-0.25, -0.2) is 0 Å². The van der Waals surface area contributed by atoms with Crippen LogP contribution in [-0.4, -0.2) is 37.0 Å². The lowest BCUT2D eigenvalue weighted by Crippen LogP contribution is -2.48. The maximum absolute atomic E-state index is 9.45. The summed E-state index contributed by atoms with van der Waals surface area (Å²) in [7, 11) is 0. The van der Waals surface area contributed by atoms with Crippen LogP contribution in [0.2, 0.25) is 0 Å². The molecule has 0 saturated heterocycles. The largest absolute Gasteiger partial charge is 0.394 e. The third kappa shape index (κ3) is 6.46. The fourth-order valence-corrected chi connectivity index (χ4v) is 1.84. The first-order chi connectivity index (χ1) is 7.60. The molecule has 0 spiro atoms. The Morgan fingerprint density at radius 3 is 2.44 bits per heavy atom. The summed E-state index contributed by atoms with van der Waals surface area (Å²) in [6.45, 7) is 11.3. The quantitative estimate of drug-likeness (QED) is 0.566. The van der Waals surface area contributed by atoms with E-state index < -0.39 is 0 Å². The van der Waals surface area contributed by atoms with E-state index in [1.165, 1.54) is 0 Å². The second-order valence-electron chi connectivity index (χ2n) is 4.89. The maximum atomic E-state index is 9.45. The van der Waals surface area contributed by atoms with Gasteiger partial charge < -0.3 is 15.2 Å². The molecule has 3 heteroatoms. The minimum Gasteiger partial charge on any atom is -0.394 e. The molecular formula is C13H29NO2. The minimum atomic E-state index is -0.101. The molecule has 98 valence electrons. The Kier molecular flexibility index (Phi) is 8.90. The van der Waals surface area contributed by atoms with E-state index in [0.717, 1.165) is 39.0 Å². The average Bonchev–Trinajstić information content (AvgIpc) is 2.27. The van der Waals surface area contributed by atoms with Crippen molar-refractivity contribution >= 4 is 0 Å². The monoisotopic (exact) mass is 231 g/mol. The van der Waals surface area contributed by atoms with Crippen LogP contribution in [0.3, 0.4) is 0 Å². The number of ether oxygens (including phenoxy) is 1. The Morgan fingerprint density at radius 1 is 1.31 bits per heavy atom. The van der Waals surface area contributed by atoms with Crippen molar-refractivity contribution < 1.29 is 9.84 Å². The molecule has 16 heavy (non-hydrogen) atoms. The van der Waals surface area contributed by atoms with Crippen molar-refractivity contribution in [3.05, 3.63) is 0 Å². The number of aliphatic hydroxyl groups excluding tert-OH is 1. The fourth-order valence-electron chi connectivity index (χ4n) is 1.84. The predicted molar refractivity (Wildman–Crippen MR) is 68.7 cm³/mol. The molecule has 1 atom stereocenters. The molecule has 0 amide bonds. The van der Waals surface area contributed by atoms with Crippen LogP contribution in [0.4, 0.5) is 0 Å². The molecule has 0 aliphatic rings. The molecule has 0 aromatic rings. The Hall–Kier alpha value is -0.120. The lowest BCUT2D eigenvalue weighted by atomic mass is 9.91. The molecule has 0 aromatic carbocycles. The highest BCUT2D eigenvalue weighted by molar-refractivity contribution is 4.85.